The molecule has 1 aliphatic rings. The first-order valence-corrected chi connectivity index (χ1v) is 9.84. The third-order valence-corrected chi connectivity index (χ3v) is 5.51. The van der Waals surface area contributed by atoms with Crippen molar-refractivity contribution in [1.82, 2.24) is 9.78 Å². The summed E-state index contributed by atoms with van der Waals surface area (Å²) in [4.78, 5) is 19.8. The molecule has 1 heterocycles. The standard InChI is InChI=1S/C24H26N4O/c1-24(2)14-21(29)20-16-26-28(19-8-6-5-7-9-19)22(20)23(24)25-15-17-10-12-18(13-11-17)27(3)4/h5-13,15-16,23H,14H2,1-4H3. The Labute approximate surface area is 171 Å². The van der Waals surface area contributed by atoms with Gasteiger partial charge in [0.15, 0.2) is 5.78 Å². The molecule has 2 aromatic carbocycles. The average Bonchev–Trinajstić information content (AvgIpc) is 3.13. The first-order valence-electron chi connectivity index (χ1n) is 9.84. The van der Waals surface area contributed by atoms with Crippen molar-refractivity contribution in [3.8, 4) is 5.69 Å². The van der Waals surface area contributed by atoms with E-state index in [2.05, 4.69) is 48.1 Å². The molecule has 0 fully saturated rings. The van der Waals surface area contributed by atoms with Gasteiger partial charge in [-0.2, -0.15) is 5.10 Å². The molecule has 1 atom stereocenters. The number of rotatable bonds is 4. The largest absolute Gasteiger partial charge is 0.378 e. The number of benzene rings is 2. The number of aliphatic imine (C=N–C) groups is 1. The van der Waals surface area contributed by atoms with Crippen LogP contribution in [0, 0.1) is 5.41 Å². The lowest BCUT2D eigenvalue weighted by Crippen LogP contribution is -2.32. The fourth-order valence-electron chi connectivity index (χ4n) is 3.88. The van der Waals surface area contributed by atoms with E-state index >= 15 is 0 Å². The summed E-state index contributed by atoms with van der Waals surface area (Å²) in [6, 6.07) is 18.1. The molecule has 0 saturated carbocycles. The van der Waals surface area contributed by atoms with Crippen molar-refractivity contribution in [2.45, 2.75) is 26.3 Å². The van der Waals surface area contributed by atoms with E-state index in [1.165, 1.54) is 0 Å². The van der Waals surface area contributed by atoms with Gasteiger partial charge in [-0.15, -0.1) is 0 Å². The number of carbonyl (C=O) groups excluding carboxylic acids is 1. The Morgan fingerprint density at radius 1 is 1.10 bits per heavy atom. The molecule has 148 valence electrons. The van der Waals surface area contributed by atoms with E-state index in [-0.39, 0.29) is 17.2 Å². The molecule has 0 aliphatic heterocycles. The number of carbonyl (C=O) groups is 1. The maximum absolute atomic E-state index is 12.8. The summed E-state index contributed by atoms with van der Waals surface area (Å²) in [6.07, 6.45) is 4.06. The lowest BCUT2D eigenvalue weighted by atomic mass is 9.72. The van der Waals surface area contributed by atoms with Crippen LogP contribution in [-0.2, 0) is 0 Å². The quantitative estimate of drug-likeness (QED) is 0.610. The predicted molar refractivity (Wildman–Crippen MR) is 117 cm³/mol. The van der Waals surface area contributed by atoms with E-state index < -0.39 is 0 Å². The van der Waals surface area contributed by atoms with Gasteiger partial charge in [-0.3, -0.25) is 9.79 Å². The van der Waals surface area contributed by atoms with Crippen LogP contribution in [0.4, 0.5) is 5.69 Å². The highest BCUT2D eigenvalue weighted by molar-refractivity contribution is 5.99. The topological polar surface area (TPSA) is 50.5 Å². The number of Topliss-reactive ketones (excluding diaryl/α,β-unsaturated/α-hetero) is 1. The van der Waals surface area contributed by atoms with E-state index in [9.17, 15) is 4.79 Å². The van der Waals surface area contributed by atoms with Gasteiger partial charge in [-0.05, 0) is 29.8 Å². The minimum atomic E-state index is -0.295. The maximum atomic E-state index is 12.8. The van der Waals surface area contributed by atoms with Gasteiger partial charge in [0.05, 0.1) is 29.2 Å². The van der Waals surface area contributed by atoms with Crippen LogP contribution in [-0.4, -0.2) is 35.9 Å². The van der Waals surface area contributed by atoms with Gasteiger partial charge >= 0.3 is 0 Å². The van der Waals surface area contributed by atoms with Gasteiger partial charge < -0.3 is 4.90 Å². The maximum Gasteiger partial charge on any atom is 0.167 e. The Morgan fingerprint density at radius 2 is 1.79 bits per heavy atom. The summed E-state index contributed by atoms with van der Waals surface area (Å²) >= 11 is 0. The van der Waals surface area contributed by atoms with Gasteiger partial charge in [0.1, 0.15) is 0 Å². The Bertz CT molecular complexity index is 1050. The highest BCUT2D eigenvalue weighted by Gasteiger charge is 2.42. The fraction of sp³-hybridized carbons (Fsp3) is 0.292. The van der Waals surface area contributed by atoms with Crippen LogP contribution in [0.5, 0.6) is 0 Å². The number of para-hydroxylation sites is 1. The zero-order valence-corrected chi connectivity index (χ0v) is 17.3. The normalized spacial score (nSPS) is 18.1. The molecule has 0 N–H and O–H groups in total. The summed E-state index contributed by atoms with van der Waals surface area (Å²) in [6.45, 7) is 4.21. The van der Waals surface area contributed by atoms with E-state index in [4.69, 9.17) is 4.99 Å². The van der Waals surface area contributed by atoms with Crippen LogP contribution < -0.4 is 4.90 Å². The monoisotopic (exact) mass is 386 g/mol. The Kier molecular flexibility index (Phi) is 4.82. The smallest absolute Gasteiger partial charge is 0.167 e. The zero-order valence-electron chi connectivity index (χ0n) is 17.3. The number of fused-ring (bicyclic) bond motifs is 1. The first-order chi connectivity index (χ1) is 13.9. The second kappa shape index (κ2) is 7.32. The van der Waals surface area contributed by atoms with Crippen molar-refractivity contribution >= 4 is 17.7 Å². The molecule has 1 aromatic heterocycles. The zero-order chi connectivity index (χ0) is 20.6. The third-order valence-electron chi connectivity index (χ3n) is 5.51. The van der Waals surface area contributed by atoms with Crippen LogP contribution in [0.2, 0.25) is 0 Å². The van der Waals surface area contributed by atoms with Gasteiger partial charge in [0.2, 0.25) is 0 Å². The van der Waals surface area contributed by atoms with E-state index in [0.29, 0.717) is 12.0 Å². The molecule has 5 heteroatoms. The SMILES string of the molecule is CN(C)c1ccc(C=NC2c3c(cnn3-c3ccccc3)C(=O)CC2(C)C)cc1. The molecule has 4 rings (SSSR count). The van der Waals surface area contributed by atoms with Crippen molar-refractivity contribution in [2.24, 2.45) is 10.4 Å². The van der Waals surface area contributed by atoms with Crippen molar-refractivity contribution in [2.75, 3.05) is 19.0 Å². The first kappa shape index (κ1) is 19.1. The number of anilines is 1. The molecule has 0 spiro atoms. The summed E-state index contributed by atoms with van der Waals surface area (Å²) in [5.74, 6) is 0.133. The molecule has 3 aromatic rings. The molecular formula is C24H26N4O. The molecule has 29 heavy (non-hydrogen) atoms. The van der Waals surface area contributed by atoms with E-state index in [1.54, 1.807) is 6.20 Å². The van der Waals surface area contributed by atoms with Gasteiger partial charge in [0, 0.05) is 37.8 Å². The fourth-order valence-corrected chi connectivity index (χ4v) is 3.88. The summed E-state index contributed by atoms with van der Waals surface area (Å²) in [7, 11) is 4.05. The number of ketones is 1. The second-order valence-electron chi connectivity index (χ2n) is 8.45. The number of nitrogens with zero attached hydrogens (tertiary/aromatic N) is 4. The minimum absolute atomic E-state index is 0.133. The predicted octanol–water partition coefficient (Wildman–Crippen LogP) is 4.71. The Balaban J connectivity index is 1.76. The van der Waals surface area contributed by atoms with Crippen molar-refractivity contribution in [3.05, 3.63) is 77.6 Å². The highest BCUT2D eigenvalue weighted by Crippen LogP contribution is 2.46. The average molecular weight is 386 g/mol. The van der Waals surface area contributed by atoms with Crippen molar-refractivity contribution in [3.63, 3.8) is 0 Å². The molecule has 0 radical (unpaired) electrons. The molecule has 1 aliphatic carbocycles. The molecular weight excluding hydrogens is 360 g/mol. The molecule has 0 saturated heterocycles. The number of aromatic nitrogens is 2. The van der Waals surface area contributed by atoms with Crippen molar-refractivity contribution < 1.29 is 4.79 Å². The van der Waals surface area contributed by atoms with E-state index in [0.717, 1.165) is 22.6 Å². The highest BCUT2D eigenvalue weighted by atomic mass is 16.1. The van der Waals surface area contributed by atoms with E-state index in [1.807, 2.05) is 55.3 Å². The summed E-state index contributed by atoms with van der Waals surface area (Å²) in [5, 5.41) is 4.54. The Hall–Kier alpha value is -3.21. The molecule has 5 nitrogen and oxygen atoms in total. The third kappa shape index (κ3) is 3.60. The van der Waals surface area contributed by atoms with Gasteiger partial charge in [0.25, 0.3) is 0 Å². The lowest BCUT2D eigenvalue weighted by molar-refractivity contribution is 0.0884. The van der Waals surface area contributed by atoms with Gasteiger partial charge in [-0.25, -0.2) is 4.68 Å². The lowest BCUT2D eigenvalue weighted by Gasteiger charge is -2.35. The Morgan fingerprint density at radius 3 is 2.45 bits per heavy atom. The van der Waals surface area contributed by atoms with Crippen molar-refractivity contribution in [1.29, 1.82) is 0 Å². The van der Waals surface area contributed by atoms with Gasteiger partial charge in [-0.1, -0.05) is 44.2 Å². The number of hydrogen-bond acceptors (Lipinski definition) is 4. The van der Waals surface area contributed by atoms with Crippen LogP contribution in [0.25, 0.3) is 5.69 Å². The van der Waals surface area contributed by atoms with Crippen LogP contribution in [0.1, 0.15) is 47.9 Å². The minimum Gasteiger partial charge on any atom is -0.378 e. The van der Waals surface area contributed by atoms with Crippen LogP contribution in [0.3, 0.4) is 0 Å². The van der Waals surface area contributed by atoms with Crippen LogP contribution in [0.15, 0.2) is 65.8 Å². The summed E-state index contributed by atoms with van der Waals surface area (Å²) < 4.78 is 1.87. The summed E-state index contributed by atoms with van der Waals surface area (Å²) in [5.41, 5.74) is 4.38. The molecule has 0 bridgehead atoms. The molecule has 0 amide bonds. The second-order valence-corrected chi connectivity index (χ2v) is 8.45. The van der Waals surface area contributed by atoms with Crippen LogP contribution >= 0.6 is 0 Å². The molecule has 1 unspecified atom stereocenters. The number of hydrogen-bond donors (Lipinski definition) is 0.